The first-order chi connectivity index (χ1) is 12.7. The number of aryl methyl sites for hydroxylation is 1. The summed E-state index contributed by atoms with van der Waals surface area (Å²) in [6.07, 6.45) is 1.92. The molecule has 0 fully saturated rings. The second-order valence-electron chi connectivity index (χ2n) is 6.03. The topological polar surface area (TPSA) is 60.3 Å². The van der Waals surface area contributed by atoms with Crippen LogP contribution in [-0.2, 0) is 6.54 Å². The standard InChI is InChI=1S/C19H18N4O2S/c1-13-2-4-14(5-3-13)11-23-9-8-18(22-23)21-19(26)20-15-6-7-16-17(10-15)25-12-24-16/h2-10H,11-12H2,1H3,(H2,20,21,22,26). The third-order valence-electron chi connectivity index (χ3n) is 3.98. The molecule has 1 aliphatic heterocycles. The van der Waals surface area contributed by atoms with Crippen molar-refractivity contribution in [1.82, 2.24) is 9.78 Å². The average molecular weight is 366 g/mol. The van der Waals surface area contributed by atoms with Gasteiger partial charge in [-0.3, -0.25) is 4.68 Å². The first-order valence-electron chi connectivity index (χ1n) is 8.22. The Morgan fingerprint density at radius 3 is 2.73 bits per heavy atom. The van der Waals surface area contributed by atoms with E-state index in [2.05, 4.69) is 46.9 Å². The Labute approximate surface area is 156 Å². The lowest BCUT2D eigenvalue weighted by atomic mass is 10.1. The summed E-state index contributed by atoms with van der Waals surface area (Å²) in [6.45, 7) is 3.04. The van der Waals surface area contributed by atoms with Crippen LogP contribution in [0.2, 0.25) is 0 Å². The predicted molar refractivity (Wildman–Crippen MR) is 105 cm³/mol. The van der Waals surface area contributed by atoms with E-state index in [0.717, 1.165) is 11.4 Å². The molecule has 132 valence electrons. The van der Waals surface area contributed by atoms with E-state index in [9.17, 15) is 0 Å². The Morgan fingerprint density at radius 2 is 1.88 bits per heavy atom. The summed E-state index contributed by atoms with van der Waals surface area (Å²) in [4.78, 5) is 0. The van der Waals surface area contributed by atoms with Gasteiger partial charge in [-0.1, -0.05) is 29.8 Å². The van der Waals surface area contributed by atoms with Crippen LogP contribution in [0.15, 0.2) is 54.7 Å². The average Bonchev–Trinajstić information content (AvgIpc) is 3.25. The number of rotatable bonds is 4. The quantitative estimate of drug-likeness (QED) is 0.686. The minimum Gasteiger partial charge on any atom is -0.454 e. The van der Waals surface area contributed by atoms with Crippen molar-refractivity contribution in [3.63, 3.8) is 0 Å². The number of ether oxygens (including phenoxy) is 2. The summed E-state index contributed by atoms with van der Waals surface area (Å²) in [6, 6.07) is 15.9. The molecule has 0 aliphatic carbocycles. The molecular weight excluding hydrogens is 348 g/mol. The Hall–Kier alpha value is -3.06. The van der Waals surface area contributed by atoms with Crippen LogP contribution in [0.4, 0.5) is 11.5 Å². The van der Waals surface area contributed by atoms with Crippen LogP contribution < -0.4 is 20.1 Å². The van der Waals surface area contributed by atoms with E-state index in [0.29, 0.717) is 23.2 Å². The minimum atomic E-state index is 0.250. The maximum absolute atomic E-state index is 5.36. The second kappa shape index (κ2) is 7.05. The zero-order chi connectivity index (χ0) is 17.9. The zero-order valence-electron chi connectivity index (χ0n) is 14.2. The number of nitrogens with one attached hydrogen (secondary N) is 2. The van der Waals surface area contributed by atoms with E-state index < -0.39 is 0 Å². The van der Waals surface area contributed by atoms with Crippen molar-refractivity contribution < 1.29 is 9.47 Å². The highest BCUT2D eigenvalue weighted by Gasteiger charge is 2.13. The number of thiocarbonyl (C=S) groups is 1. The fourth-order valence-corrected chi connectivity index (χ4v) is 2.87. The molecule has 26 heavy (non-hydrogen) atoms. The Morgan fingerprint density at radius 1 is 1.08 bits per heavy atom. The molecular formula is C19H18N4O2S. The van der Waals surface area contributed by atoms with Crippen LogP contribution in [0.5, 0.6) is 11.5 Å². The van der Waals surface area contributed by atoms with Gasteiger partial charge in [-0.25, -0.2) is 0 Å². The molecule has 0 unspecified atom stereocenters. The van der Waals surface area contributed by atoms with Crippen molar-refractivity contribution in [1.29, 1.82) is 0 Å². The normalized spacial score (nSPS) is 12.0. The van der Waals surface area contributed by atoms with Crippen LogP contribution in [-0.4, -0.2) is 21.7 Å². The smallest absolute Gasteiger partial charge is 0.231 e. The molecule has 0 amide bonds. The van der Waals surface area contributed by atoms with Gasteiger partial charge in [0.1, 0.15) is 0 Å². The van der Waals surface area contributed by atoms with E-state index >= 15 is 0 Å². The summed E-state index contributed by atoms with van der Waals surface area (Å²) in [7, 11) is 0. The molecule has 2 aromatic carbocycles. The van der Waals surface area contributed by atoms with E-state index in [-0.39, 0.29) is 6.79 Å². The first kappa shape index (κ1) is 16.4. The van der Waals surface area contributed by atoms with Crippen LogP contribution in [0, 0.1) is 6.92 Å². The summed E-state index contributed by atoms with van der Waals surface area (Å²) < 4.78 is 12.5. The molecule has 1 aromatic heterocycles. The molecule has 0 spiro atoms. The molecule has 2 heterocycles. The van der Waals surface area contributed by atoms with Gasteiger partial charge < -0.3 is 20.1 Å². The third kappa shape index (κ3) is 3.78. The largest absolute Gasteiger partial charge is 0.454 e. The van der Waals surface area contributed by atoms with E-state index in [1.807, 2.05) is 35.1 Å². The predicted octanol–water partition coefficient (Wildman–Crippen LogP) is 3.78. The first-order valence-corrected chi connectivity index (χ1v) is 8.63. The number of aromatic nitrogens is 2. The Kier molecular flexibility index (Phi) is 4.45. The van der Waals surface area contributed by atoms with Crippen molar-refractivity contribution >= 4 is 28.8 Å². The molecule has 4 rings (SSSR count). The van der Waals surface area contributed by atoms with E-state index in [1.54, 1.807) is 0 Å². The Balaban J connectivity index is 1.36. The molecule has 7 heteroatoms. The molecule has 0 bridgehead atoms. The molecule has 1 aliphatic rings. The van der Waals surface area contributed by atoms with E-state index in [4.69, 9.17) is 21.7 Å². The lowest BCUT2D eigenvalue weighted by Gasteiger charge is -2.09. The fraction of sp³-hybridized carbons (Fsp3) is 0.158. The molecule has 2 N–H and O–H groups in total. The maximum Gasteiger partial charge on any atom is 0.231 e. The van der Waals surface area contributed by atoms with Gasteiger partial charge in [0, 0.05) is 24.0 Å². The summed E-state index contributed by atoms with van der Waals surface area (Å²) >= 11 is 5.36. The van der Waals surface area contributed by atoms with Gasteiger partial charge in [-0.2, -0.15) is 5.10 Å². The molecule has 0 saturated carbocycles. The lowest BCUT2D eigenvalue weighted by Crippen LogP contribution is -2.19. The third-order valence-corrected chi connectivity index (χ3v) is 4.18. The molecule has 3 aromatic rings. The van der Waals surface area contributed by atoms with Gasteiger partial charge in [0.15, 0.2) is 22.4 Å². The van der Waals surface area contributed by atoms with Gasteiger partial charge in [-0.05, 0) is 36.8 Å². The summed E-state index contributed by atoms with van der Waals surface area (Å²) in [5.41, 5.74) is 3.27. The van der Waals surface area contributed by atoms with Crippen molar-refractivity contribution in [3.05, 3.63) is 65.9 Å². The molecule has 6 nitrogen and oxygen atoms in total. The Bertz CT molecular complexity index is 937. The van der Waals surface area contributed by atoms with Gasteiger partial charge in [0.25, 0.3) is 0 Å². The highest BCUT2D eigenvalue weighted by atomic mass is 32.1. The van der Waals surface area contributed by atoms with Crippen LogP contribution >= 0.6 is 12.2 Å². The highest BCUT2D eigenvalue weighted by molar-refractivity contribution is 7.80. The van der Waals surface area contributed by atoms with Crippen LogP contribution in [0.25, 0.3) is 0 Å². The monoisotopic (exact) mass is 366 g/mol. The van der Waals surface area contributed by atoms with Crippen molar-refractivity contribution in [2.45, 2.75) is 13.5 Å². The van der Waals surface area contributed by atoms with Gasteiger partial charge in [0.05, 0.1) is 6.54 Å². The lowest BCUT2D eigenvalue weighted by molar-refractivity contribution is 0.174. The number of nitrogens with zero attached hydrogens (tertiary/aromatic N) is 2. The summed E-state index contributed by atoms with van der Waals surface area (Å²) in [5, 5.41) is 11.2. The van der Waals surface area contributed by atoms with Gasteiger partial charge in [-0.15, -0.1) is 0 Å². The molecule has 0 radical (unpaired) electrons. The van der Waals surface area contributed by atoms with E-state index in [1.165, 1.54) is 11.1 Å². The summed E-state index contributed by atoms with van der Waals surface area (Å²) in [5.74, 6) is 2.14. The van der Waals surface area contributed by atoms with Gasteiger partial charge >= 0.3 is 0 Å². The number of benzene rings is 2. The highest BCUT2D eigenvalue weighted by Crippen LogP contribution is 2.34. The maximum atomic E-state index is 5.36. The second-order valence-corrected chi connectivity index (χ2v) is 6.44. The number of fused-ring (bicyclic) bond motifs is 1. The van der Waals surface area contributed by atoms with Crippen LogP contribution in [0.1, 0.15) is 11.1 Å². The molecule has 0 atom stereocenters. The minimum absolute atomic E-state index is 0.250. The SMILES string of the molecule is Cc1ccc(Cn2ccc(NC(=S)Nc3ccc4c(c3)OCO4)n2)cc1. The molecule has 0 saturated heterocycles. The van der Waals surface area contributed by atoms with Crippen LogP contribution in [0.3, 0.4) is 0 Å². The zero-order valence-corrected chi connectivity index (χ0v) is 15.0. The number of hydrogen-bond acceptors (Lipinski definition) is 4. The van der Waals surface area contributed by atoms with Crippen molar-refractivity contribution in [2.24, 2.45) is 0 Å². The fourth-order valence-electron chi connectivity index (χ4n) is 2.65. The van der Waals surface area contributed by atoms with Crippen molar-refractivity contribution in [2.75, 3.05) is 17.4 Å². The van der Waals surface area contributed by atoms with Crippen molar-refractivity contribution in [3.8, 4) is 11.5 Å². The van der Waals surface area contributed by atoms with Gasteiger partial charge in [0.2, 0.25) is 6.79 Å². The number of hydrogen-bond donors (Lipinski definition) is 2. The number of anilines is 2.